The quantitative estimate of drug-likeness (QED) is 0.511. The zero-order chi connectivity index (χ0) is 16.2. The van der Waals surface area contributed by atoms with Crippen molar-refractivity contribution in [1.82, 2.24) is 5.32 Å². The molecule has 0 unspecified atom stereocenters. The molecule has 1 fully saturated rings. The van der Waals surface area contributed by atoms with E-state index in [2.05, 4.69) is 5.32 Å². The molecule has 9 heteroatoms. The van der Waals surface area contributed by atoms with Crippen molar-refractivity contribution in [3.8, 4) is 0 Å². The minimum Gasteiger partial charge on any atom is -0.456 e. The van der Waals surface area contributed by atoms with Crippen molar-refractivity contribution in [2.24, 2.45) is 0 Å². The Hall–Kier alpha value is -1.71. The van der Waals surface area contributed by atoms with E-state index in [0.29, 0.717) is 0 Å². The van der Waals surface area contributed by atoms with E-state index in [1.807, 2.05) is 0 Å². The highest BCUT2D eigenvalue weighted by molar-refractivity contribution is 5.73. The maximum Gasteiger partial charge on any atom is 0.303 e. The summed E-state index contributed by atoms with van der Waals surface area (Å²) in [6.45, 7) is 2.90. The molecule has 1 saturated heterocycles. The molecule has 0 bridgehead atoms. The summed E-state index contributed by atoms with van der Waals surface area (Å²) >= 11 is 0. The van der Waals surface area contributed by atoms with Gasteiger partial charge in [0.1, 0.15) is 12.1 Å². The van der Waals surface area contributed by atoms with Gasteiger partial charge in [0.25, 0.3) is 0 Å². The maximum atomic E-state index is 11.2. The number of nitrogens with one attached hydrogen (secondary N) is 1. The Bertz CT molecular complexity index is 412. The lowest BCUT2D eigenvalue weighted by Gasteiger charge is -2.43. The largest absolute Gasteiger partial charge is 0.456 e. The van der Waals surface area contributed by atoms with E-state index in [1.165, 1.54) is 6.92 Å². The van der Waals surface area contributed by atoms with Crippen molar-refractivity contribution in [1.29, 1.82) is 0 Å². The lowest BCUT2D eigenvalue weighted by atomic mass is 9.96. The zero-order valence-corrected chi connectivity index (χ0v) is 11.9. The fraction of sp³-hybridized carbons (Fsp3) is 0.750. The highest BCUT2D eigenvalue weighted by Gasteiger charge is 2.49. The second-order valence-electron chi connectivity index (χ2n) is 4.62. The van der Waals surface area contributed by atoms with E-state index in [9.17, 15) is 24.6 Å². The van der Waals surface area contributed by atoms with Gasteiger partial charge < -0.3 is 29.7 Å². The molecule has 1 rings (SSSR count). The topological polar surface area (TPSA) is 131 Å². The van der Waals surface area contributed by atoms with Crippen molar-refractivity contribution in [3.05, 3.63) is 0 Å². The molecule has 0 aromatic heterocycles. The van der Waals surface area contributed by atoms with Crippen LogP contribution in [-0.4, -0.2) is 65.3 Å². The Labute approximate surface area is 121 Å². The molecular formula is C12H19NO8. The number of rotatable bonds is 4. The molecule has 21 heavy (non-hydrogen) atoms. The summed E-state index contributed by atoms with van der Waals surface area (Å²) in [5.41, 5.74) is 0. The molecule has 120 valence electrons. The SMILES string of the molecule is CC(=O)N[C@H]1[C@@H](OC(C)=O)[C@H](OC(C)=O)[C@H](CO)O[C@@H]1O. The first-order valence-electron chi connectivity index (χ1n) is 6.32. The van der Waals surface area contributed by atoms with Crippen molar-refractivity contribution >= 4 is 17.8 Å². The van der Waals surface area contributed by atoms with Gasteiger partial charge in [-0.1, -0.05) is 0 Å². The van der Waals surface area contributed by atoms with Crippen LogP contribution in [0.1, 0.15) is 20.8 Å². The van der Waals surface area contributed by atoms with Gasteiger partial charge in [0, 0.05) is 20.8 Å². The summed E-state index contributed by atoms with van der Waals surface area (Å²) in [7, 11) is 0. The highest BCUT2D eigenvalue weighted by Crippen LogP contribution is 2.25. The number of carbonyl (C=O) groups excluding carboxylic acids is 3. The van der Waals surface area contributed by atoms with Crippen molar-refractivity contribution < 1.29 is 38.8 Å². The second-order valence-corrected chi connectivity index (χ2v) is 4.62. The molecule has 1 heterocycles. The molecule has 5 atom stereocenters. The molecular weight excluding hydrogens is 286 g/mol. The van der Waals surface area contributed by atoms with E-state index in [-0.39, 0.29) is 0 Å². The molecule has 1 aliphatic heterocycles. The van der Waals surface area contributed by atoms with Crippen LogP contribution in [-0.2, 0) is 28.6 Å². The van der Waals surface area contributed by atoms with Gasteiger partial charge in [0.2, 0.25) is 5.91 Å². The molecule has 0 spiro atoms. The van der Waals surface area contributed by atoms with Crippen LogP contribution in [0.2, 0.25) is 0 Å². The summed E-state index contributed by atoms with van der Waals surface area (Å²) in [6, 6.07) is -1.13. The monoisotopic (exact) mass is 305 g/mol. The minimum atomic E-state index is -1.53. The number of aliphatic hydroxyl groups is 2. The summed E-state index contributed by atoms with van der Waals surface area (Å²) < 4.78 is 15.1. The van der Waals surface area contributed by atoms with Crippen molar-refractivity contribution in [3.63, 3.8) is 0 Å². The molecule has 3 N–H and O–H groups in total. The van der Waals surface area contributed by atoms with Crippen LogP contribution < -0.4 is 5.32 Å². The lowest BCUT2D eigenvalue weighted by Crippen LogP contribution is -2.65. The van der Waals surface area contributed by atoms with Crippen LogP contribution >= 0.6 is 0 Å². The summed E-state index contributed by atoms with van der Waals surface area (Å²) in [6.07, 6.45) is -4.95. The Kier molecular flexibility index (Phi) is 6.06. The first-order chi connectivity index (χ1) is 9.76. The van der Waals surface area contributed by atoms with Gasteiger partial charge in [-0.15, -0.1) is 0 Å². The number of aliphatic hydroxyl groups excluding tert-OH is 2. The van der Waals surface area contributed by atoms with Crippen LogP contribution in [0.4, 0.5) is 0 Å². The van der Waals surface area contributed by atoms with E-state index < -0.39 is 55.1 Å². The number of carbonyl (C=O) groups is 3. The molecule has 1 aliphatic rings. The number of esters is 2. The van der Waals surface area contributed by atoms with Crippen LogP contribution in [0, 0.1) is 0 Å². The standard InChI is InChI=1S/C12H19NO8/c1-5(15)13-9-11(20-7(3)17)10(19-6(2)16)8(4-14)21-12(9)18/h8-12,14,18H,4H2,1-3H3,(H,13,15)/t8-,9-,10+,11+,12-/m0/s1. The number of hydrogen-bond donors (Lipinski definition) is 3. The zero-order valence-electron chi connectivity index (χ0n) is 11.9. The normalized spacial score (nSPS) is 32.1. The fourth-order valence-corrected chi connectivity index (χ4v) is 2.12. The minimum absolute atomic E-state index is 0.496. The van der Waals surface area contributed by atoms with Gasteiger partial charge in [-0.05, 0) is 0 Å². The molecule has 0 aliphatic carbocycles. The molecule has 0 saturated carbocycles. The van der Waals surface area contributed by atoms with Crippen LogP contribution in [0.3, 0.4) is 0 Å². The number of ether oxygens (including phenoxy) is 3. The lowest BCUT2D eigenvalue weighted by molar-refractivity contribution is -0.263. The maximum absolute atomic E-state index is 11.2. The number of amides is 1. The average Bonchev–Trinajstić information content (AvgIpc) is 2.35. The molecule has 9 nitrogen and oxygen atoms in total. The molecule has 0 aromatic carbocycles. The van der Waals surface area contributed by atoms with Crippen LogP contribution in [0.5, 0.6) is 0 Å². The summed E-state index contributed by atoms with van der Waals surface area (Å²) in [5, 5.41) is 21.5. The van der Waals surface area contributed by atoms with Gasteiger partial charge in [-0.2, -0.15) is 0 Å². The Morgan fingerprint density at radius 2 is 1.62 bits per heavy atom. The third-order valence-corrected chi connectivity index (χ3v) is 2.82. The molecule has 1 amide bonds. The van der Waals surface area contributed by atoms with Gasteiger partial charge in [-0.25, -0.2) is 0 Å². The number of hydrogen-bond acceptors (Lipinski definition) is 8. The third-order valence-electron chi connectivity index (χ3n) is 2.82. The molecule has 0 radical (unpaired) electrons. The smallest absolute Gasteiger partial charge is 0.303 e. The van der Waals surface area contributed by atoms with Crippen molar-refractivity contribution in [2.45, 2.75) is 51.4 Å². The predicted octanol–water partition coefficient (Wildman–Crippen LogP) is -1.94. The Morgan fingerprint density at radius 3 is 2.05 bits per heavy atom. The van der Waals surface area contributed by atoms with Gasteiger partial charge in [-0.3, -0.25) is 14.4 Å². The van der Waals surface area contributed by atoms with Crippen LogP contribution in [0.15, 0.2) is 0 Å². The third kappa shape index (κ3) is 4.66. The Balaban J connectivity index is 3.08. The second kappa shape index (κ2) is 7.34. The fourth-order valence-electron chi connectivity index (χ4n) is 2.12. The van der Waals surface area contributed by atoms with E-state index in [4.69, 9.17) is 14.2 Å². The predicted molar refractivity (Wildman–Crippen MR) is 66.7 cm³/mol. The highest BCUT2D eigenvalue weighted by atomic mass is 16.7. The van der Waals surface area contributed by atoms with E-state index in [0.717, 1.165) is 13.8 Å². The van der Waals surface area contributed by atoms with Gasteiger partial charge in [0.15, 0.2) is 18.5 Å². The average molecular weight is 305 g/mol. The van der Waals surface area contributed by atoms with Gasteiger partial charge in [0.05, 0.1) is 6.61 Å². The van der Waals surface area contributed by atoms with Crippen LogP contribution in [0.25, 0.3) is 0 Å². The van der Waals surface area contributed by atoms with Gasteiger partial charge >= 0.3 is 11.9 Å². The first kappa shape index (κ1) is 17.3. The van der Waals surface area contributed by atoms with E-state index >= 15 is 0 Å². The molecule has 0 aromatic rings. The summed E-state index contributed by atoms with van der Waals surface area (Å²) in [5.74, 6) is -1.88. The summed E-state index contributed by atoms with van der Waals surface area (Å²) in [4.78, 5) is 33.6. The first-order valence-corrected chi connectivity index (χ1v) is 6.32. The van der Waals surface area contributed by atoms with Crippen molar-refractivity contribution in [2.75, 3.05) is 6.61 Å². The Morgan fingerprint density at radius 1 is 1.10 bits per heavy atom. The van der Waals surface area contributed by atoms with E-state index in [1.54, 1.807) is 0 Å².